The van der Waals surface area contributed by atoms with E-state index in [1.165, 1.54) is 29.8 Å². The number of anilines is 1. The van der Waals surface area contributed by atoms with E-state index in [-0.39, 0.29) is 4.91 Å². The van der Waals surface area contributed by atoms with Crippen molar-refractivity contribution in [2.75, 3.05) is 11.9 Å². The molecule has 8 heteroatoms. The van der Waals surface area contributed by atoms with E-state index in [9.17, 15) is 18.8 Å². The number of amides is 3. The molecule has 1 saturated heterocycles. The first-order chi connectivity index (χ1) is 17.4. The van der Waals surface area contributed by atoms with Gasteiger partial charge in [0.1, 0.15) is 12.4 Å². The van der Waals surface area contributed by atoms with Crippen molar-refractivity contribution in [2.45, 2.75) is 13.5 Å². The van der Waals surface area contributed by atoms with Crippen LogP contribution in [0.1, 0.15) is 16.7 Å². The van der Waals surface area contributed by atoms with Gasteiger partial charge in [-0.3, -0.25) is 19.3 Å². The third-order valence-electron chi connectivity index (χ3n) is 5.88. The third kappa shape index (κ3) is 4.94. The molecule has 1 aromatic heterocycles. The minimum absolute atomic E-state index is 0.257. The molecule has 0 atom stereocenters. The van der Waals surface area contributed by atoms with Crippen LogP contribution in [0.5, 0.6) is 0 Å². The zero-order valence-corrected chi connectivity index (χ0v) is 20.2. The summed E-state index contributed by atoms with van der Waals surface area (Å²) >= 11 is 0.810. The van der Waals surface area contributed by atoms with Crippen molar-refractivity contribution in [3.63, 3.8) is 0 Å². The SMILES string of the molecule is Cc1ccc(Cn2cc(/C=C3\SC(=O)N(CC(=O)Nc4ccc(F)cc4)C3=O)c3ccccc32)cc1. The van der Waals surface area contributed by atoms with E-state index in [1.807, 2.05) is 37.4 Å². The molecule has 5 rings (SSSR count). The van der Waals surface area contributed by atoms with Crippen LogP contribution >= 0.6 is 11.8 Å². The first-order valence-corrected chi connectivity index (χ1v) is 12.1. The fraction of sp³-hybridized carbons (Fsp3) is 0.107. The summed E-state index contributed by atoms with van der Waals surface area (Å²) in [5.41, 5.74) is 4.56. The Morgan fingerprint density at radius 2 is 1.72 bits per heavy atom. The molecule has 0 bridgehead atoms. The monoisotopic (exact) mass is 499 g/mol. The number of carbonyl (C=O) groups is 3. The van der Waals surface area contributed by atoms with E-state index in [2.05, 4.69) is 34.1 Å². The topological polar surface area (TPSA) is 71.4 Å². The maximum atomic E-state index is 13.1. The lowest BCUT2D eigenvalue weighted by molar-refractivity contribution is -0.127. The summed E-state index contributed by atoms with van der Waals surface area (Å²) in [4.78, 5) is 39.1. The van der Waals surface area contributed by atoms with Gasteiger partial charge in [-0.1, -0.05) is 48.0 Å². The van der Waals surface area contributed by atoms with Crippen LogP contribution in [-0.2, 0) is 16.1 Å². The molecule has 36 heavy (non-hydrogen) atoms. The minimum Gasteiger partial charge on any atom is -0.342 e. The average molecular weight is 500 g/mol. The maximum absolute atomic E-state index is 13.1. The van der Waals surface area contributed by atoms with Crippen molar-refractivity contribution < 1.29 is 18.8 Å². The Labute approximate surface area is 211 Å². The molecule has 6 nitrogen and oxygen atoms in total. The molecule has 3 aromatic carbocycles. The summed E-state index contributed by atoms with van der Waals surface area (Å²) < 4.78 is 15.2. The van der Waals surface area contributed by atoms with Crippen molar-refractivity contribution in [3.8, 4) is 0 Å². The van der Waals surface area contributed by atoms with Gasteiger partial charge in [0, 0.05) is 34.9 Å². The van der Waals surface area contributed by atoms with Crippen LogP contribution in [0.4, 0.5) is 14.9 Å². The quantitative estimate of drug-likeness (QED) is 0.340. The number of aromatic nitrogens is 1. The highest BCUT2D eigenvalue weighted by Crippen LogP contribution is 2.34. The average Bonchev–Trinajstić information content (AvgIpc) is 3.34. The Bertz CT molecular complexity index is 1510. The highest BCUT2D eigenvalue weighted by atomic mass is 32.2. The van der Waals surface area contributed by atoms with Crippen LogP contribution in [0.25, 0.3) is 17.0 Å². The van der Waals surface area contributed by atoms with Crippen LogP contribution in [0.2, 0.25) is 0 Å². The number of fused-ring (bicyclic) bond motifs is 1. The predicted octanol–water partition coefficient (Wildman–Crippen LogP) is 5.81. The first-order valence-electron chi connectivity index (χ1n) is 11.3. The summed E-state index contributed by atoms with van der Waals surface area (Å²) in [6.45, 7) is 2.29. The molecule has 0 radical (unpaired) electrons. The number of aryl methyl sites for hydroxylation is 1. The third-order valence-corrected chi connectivity index (χ3v) is 6.79. The van der Waals surface area contributed by atoms with Gasteiger partial charge in [0.05, 0.1) is 4.91 Å². The summed E-state index contributed by atoms with van der Waals surface area (Å²) in [7, 11) is 0. The second-order valence-corrected chi connectivity index (χ2v) is 9.53. The fourth-order valence-corrected chi connectivity index (χ4v) is 4.90. The van der Waals surface area contributed by atoms with Crippen LogP contribution < -0.4 is 5.32 Å². The van der Waals surface area contributed by atoms with E-state index in [1.54, 1.807) is 6.08 Å². The van der Waals surface area contributed by atoms with Crippen molar-refractivity contribution in [3.05, 3.63) is 106 Å². The highest BCUT2D eigenvalue weighted by molar-refractivity contribution is 8.18. The van der Waals surface area contributed by atoms with E-state index in [0.29, 0.717) is 12.2 Å². The van der Waals surface area contributed by atoms with Gasteiger partial charge in [-0.25, -0.2) is 4.39 Å². The van der Waals surface area contributed by atoms with E-state index in [4.69, 9.17) is 0 Å². The molecule has 1 aliphatic heterocycles. The number of imide groups is 1. The van der Waals surface area contributed by atoms with E-state index < -0.39 is 29.4 Å². The fourth-order valence-electron chi connectivity index (χ4n) is 4.07. The van der Waals surface area contributed by atoms with Crippen molar-refractivity contribution >= 4 is 51.5 Å². The molecule has 0 spiro atoms. The predicted molar refractivity (Wildman–Crippen MR) is 140 cm³/mol. The van der Waals surface area contributed by atoms with Gasteiger partial charge in [0.2, 0.25) is 5.91 Å². The number of nitrogens with zero attached hydrogens (tertiary/aromatic N) is 2. The molecular formula is C28H22FN3O3S. The minimum atomic E-state index is -0.542. The molecule has 1 N–H and O–H groups in total. The molecule has 180 valence electrons. The van der Waals surface area contributed by atoms with Crippen LogP contribution in [0, 0.1) is 12.7 Å². The highest BCUT2D eigenvalue weighted by Gasteiger charge is 2.36. The lowest BCUT2D eigenvalue weighted by atomic mass is 10.1. The number of carbonyl (C=O) groups excluding carboxylic acids is 3. The van der Waals surface area contributed by atoms with Crippen LogP contribution in [0.3, 0.4) is 0 Å². The molecule has 0 aliphatic carbocycles. The molecule has 0 unspecified atom stereocenters. The standard InChI is InChI=1S/C28H22FN3O3S/c1-18-6-8-19(9-7-18)15-31-16-20(23-4-2-3-5-24(23)31)14-25-27(34)32(28(35)36-25)17-26(33)30-22-12-10-21(29)11-13-22/h2-14,16H,15,17H2,1H3,(H,30,33)/b25-14-. The molecular weight excluding hydrogens is 477 g/mol. The molecule has 0 saturated carbocycles. The summed E-state index contributed by atoms with van der Waals surface area (Å²) in [5, 5.41) is 3.03. The van der Waals surface area contributed by atoms with Gasteiger partial charge in [-0.15, -0.1) is 0 Å². The number of nitrogens with one attached hydrogen (secondary N) is 1. The van der Waals surface area contributed by atoms with Gasteiger partial charge in [0.15, 0.2) is 0 Å². The second-order valence-electron chi connectivity index (χ2n) is 8.54. The lowest BCUT2D eigenvalue weighted by Crippen LogP contribution is -2.36. The lowest BCUT2D eigenvalue weighted by Gasteiger charge is -2.12. The normalized spacial score (nSPS) is 14.7. The molecule has 1 fully saturated rings. The molecule has 3 amide bonds. The van der Waals surface area contributed by atoms with Crippen LogP contribution in [-0.4, -0.2) is 33.1 Å². The Morgan fingerprint density at radius 3 is 2.47 bits per heavy atom. The Kier molecular flexibility index (Phi) is 6.43. The number of benzene rings is 3. The van der Waals surface area contributed by atoms with E-state index >= 15 is 0 Å². The van der Waals surface area contributed by atoms with E-state index in [0.717, 1.165) is 38.7 Å². The summed E-state index contributed by atoms with van der Waals surface area (Å²) in [5.74, 6) is -1.49. The van der Waals surface area contributed by atoms with Crippen LogP contribution in [0.15, 0.2) is 83.9 Å². The number of thioether (sulfide) groups is 1. The molecule has 4 aromatic rings. The second kappa shape index (κ2) is 9.83. The maximum Gasteiger partial charge on any atom is 0.294 e. The van der Waals surface area contributed by atoms with Gasteiger partial charge < -0.3 is 9.88 Å². The Hall–Kier alpha value is -4.17. The Balaban J connectivity index is 1.36. The van der Waals surface area contributed by atoms with Crippen molar-refractivity contribution in [1.29, 1.82) is 0 Å². The summed E-state index contributed by atoms with van der Waals surface area (Å²) in [6, 6.07) is 21.5. The Morgan fingerprint density at radius 1 is 1.00 bits per heavy atom. The largest absolute Gasteiger partial charge is 0.342 e. The van der Waals surface area contributed by atoms with Gasteiger partial charge in [-0.2, -0.15) is 0 Å². The number of para-hydroxylation sites is 1. The van der Waals surface area contributed by atoms with Crippen molar-refractivity contribution in [1.82, 2.24) is 9.47 Å². The zero-order valence-electron chi connectivity index (χ0n) is 19.4. The van der Waals surface area contributed by atoms with Gasteiger partial charge >= 0.3 is 0 Å². The number of rotatable bonds is 6. The summed E-state index contributed by atoms with van der Waals surface area (Å²) in [6.07, 6.45) is 3.68. The smallest absolute Gasteiger partial charge is 0.294 e. The van der Waals surface area contributed by atoms with Gasteiger partial charge in [0.25, 0.3) is 11.1 Å². The van der Waals surface area contributed by atoms with Crippen molar-refractivity contribution in [2.24, 2.45) is 0 Å². The number of hydrogen-bond acceptors (Lipinski definition) is 4. The first kappa shape index (κ1) is 23.6. The van der Waals surface area contributed by atoms with Gasteiger partial charge in [-0.05, 0) is 60.7 Å². The molecule has 1 aliphatic rings. The number of hydrogen-bond donors (Lipinski definition) is 1. The molecule has 2 heterocycles. The zero-order chi connectivity index (χ0) is 25.2. The number of halogens is 1.